The van der Waals surface area contributed by atoms with Gasteiger partial charge < -0.3 is 15.4 Å². The number of aryl methyl sites for hydroxylation is 1. The van der Waals surface area contributed by atoms with Gasteiger partial charge in [0.1, 0.15) is 0 Å². The van der Waals surface area contributed by atoms with Crippen molar-refractivity contribution in [3.63, 3.8) is 0 Å². The molecule has 1 amide bonds. The lowest BCUT2D eigenvalue weighted by molar-refractivity contribution is 0.0870. The number of carbonyl (C=O) groups is 1. The van der Waals surface area contributed by atoms with Crippen molar-refractivity contribution < 1.29 is 9.53 Å². The Morgan fingerprint density at radius 3 is 2.96 bits per heavy atom. The van der Waals surface area contributed by atoms with Crippen molar-refractivity contribution in [3.8, 4) is 0 Å². The van der Waals surface area contributed by atoms with E-state index in [1.807, 2.05) is 30.7 Å². The molecule has 2 heterocycles. The lowest BCUT2D eigenvalue weighted by atomic mass is 10.0. The minimum atomic E-state index is -0.0655. The van der Waals surface area contributed by atoms with Gasteiger partial charge in [-0.3, -0.25) is 9.48 Å². The van der Waals surface area contributed by atoms with Crippen LogP contribution in [0.5, 0.6) is 0 Å². The number of carbonyl (C=O) groups excluding carboxylic acids is 1. The Morgan fingerprint density at radius 2 is 2.30 bits per heavy atom. The van der Waals surface area contributed by atoms with Crippen LogP contribution in [0.2, 0.25) is 0 Å². The third kappa shape index (κ3) is 3.38. The number of nitrogens with one attached hydrogen (secondary N) is 2. The van der Waals surface area contributed by atoms with Gasteiger partial charge in [0.2, 0.25) is 0 Å². The molecule has 0 aliphatic carbocycles. The molecule has 0 radical (unpaired) electrons. The summed E-state index contributed by atoms with van der Waals surface area (Å²) in [6.07, 6.45) is 2.05. The largest absolute Gasteiger partial charge is 0.380 e. The van der Waals surface area contributed by atoms with Crippen LogP contribution in [0.4, 0.5) is 0 Å². The number of nitrogens with zero attached hydrogens (tertiary/aromatic N) is 2. The summed E-state index contributed by atoms with van der Waals surface area (Å²) in [4.78, 5) is 12.4. The monoisotopic (exact) mass is 316 g/mol. The molecule has 1 saturated heterocycles. The number of methoxy groups -OCH3 is 1. The summed E-state index contributed by atoms with van der Waals surface area (Å²) in [6.45, 7) is 7.44. The van der Waals surface area contributed by atoms with E-state index in [4.69, 9.17) is 4.74 Å². The SMILES string of the molecule is CO[C@@H](C)CNC(=O)c1ccc2nn(CC3CNC3)cc2c1C. The van der Waals surface area contributed by atoms with Gasteiger partial charge in [-0.1, -0.05) is 0 Å². The second-order valence-electron chi connectivity index (χ2n) is 6.30. The van der Waals surface area contributed by atoms with Crippen LogP contribution in [-0.2, 0) is 11.3 Å². The zero-order chi connectivity index (χ0) is 16.4. The van der Waals surface area contributed by atoms with E-state index in [1.165, 1.54) is 0 Å². The van der Waals surface area contributed by atoms with E-state index in [2.05, 4.69) is 21.9 Å². The molecule has 0 bridgehead atoms. The van der Waals surface area contributed by atoms with Crippen LogP contribution in [0.25, 0.3) is 10.9 Å². The topological polar surface area (TPSA) is 68.2 Å². The van der Waals surface area contributed by atoms with E-state index in [0.717, 1.165) is 36.1 Å². The van der Waals surface area contributed by atoms with Crippen molar-refractivity contribution in [2.45, 2.75) is 26.5 Å². The van der Waals surface area contributed by atoms with Crippen LogP contribution in [0.1, 0.15) is 22.8 Å². The Hall–Kier alpha value is -1.92. The molecule has 0 saturated carbocycles. The minimum Gasteiger partial charge on any atom is -0.380 e. The fourth-order valence-corrected chi connectivity index (χ4v) is 2.78. The molecular formula is C17H24N4O2. The molecule has 1 aromatic carbocycles. The number of aromatic nitrogens is 2. The molecule has 6 nitrogen and oxygen atoms in total. The van der Waals surface area contributed by atoms with E-state index >= 15 is 0 Å². The fraction of sp³-hybridized carbons (Fsp3) is 0.529. The molecule has 1 aromatic heterocycles. The van der Waals surface area contributed by atoms with Gasteiger partial charge in [0, 0.05) is 56.4 Å². The van der Waals surface area contributed by atoms with Crippen molar-refractivity contribution in [2.75, 3.05) is 26.7 Å². The van der Waals surface area contributed by atoms with Crippen molar-refractivity contribution in [1.82, 2.24) is 20.4 Å². The summed E-state index contributed by atoms with van der Waals surface area (Å²) >= 11 is 0. The quantitative estimate of drug-likeness (QED) is 0.844. The highest BCUT2D eigenvalue weighted by atomic mass is 16.5. The standard InChI is InChI=1S/C17H24N4O2/c1-11(23-3)6-19-17(22)14-4-5-16-15(12(14)2)10-21(20-16)9-13-7-18-8-13/h4-5,10-11,13,18H,6-9H2,1-3H3,(H,19,22)/t11-/m0/s1. The first-order valence-electron chi connectivity index (χ1n) is 8.07. The van der Waals surface area contributed by atoms with Crippen LogP contribution in [0.3, 0.4) is 0 Å². The second-order valence-corrected chi connectivity index (χ2v) is 6.30. The number of amides is 1. The summed E-state index contributed by atoms with van der Waals surface area (Å²) in [5.74, 6) is 0.590. The number of ether oxygens (including phenoxy) is 1. The summed E-state index contributed by atoms with van der Waals surface area (Å²) in [5, 5.41) is 11.9. The van der Waals surface area contributed by atoms with Crippen LogP contribution < -0.4 is 10.6 Å². The highest BCUT2D eigenvalue weighted by Gasteiger charge is 2.19. The van der Waals surface area contributed by atoms with Gasteiger partial charge in [-0.25, -0.2) is 0 Å². The molecule has 1 aliphatic rings. The third-order valence-electron chi connectivity index (χ3n) is 4.51. The molecule has 1 fully saturated rings. The molecule has 0 unspecified atom stereocenters. The fourth-order valence-electron chi connectivity index (χ4n) is 2.78. The van der Waals surface area contributed by atoms with Gasteiger partial charge in [0.25, 0.3) is 5.91 Å². The Bertz CT molecular complexity index is 706. The molecule has 23 heavy (non-hydrogen) atoms. The zero-order valence-electron chi connectivity index (χ0n) is 13.9. The number of fused-ring (bicyclic) bond motifs is 1. The number of rotatable bonds is 6. The average molecular weight is 316 g/mol. The molecule has 2 aromatic rings. The predicted molar refractivity (Wildman–Crippen MR) is 89.6 cm³/mol. The molecule has 2 N–H and O–H groups in total. The van der Waals surface area contributed by atoms with Crippen molar-refractivity contribution in [1.29, 1.82) is 0 Å². The molecule has 3 rings (SSSR count). The summed E-state index contributed by atoms with van der Waals surface area (Å²) in [5.41, 5.74) is 2.62. The van der Waals surface area contributed by atoms with Crippen LogP contribution in [0.15, 0.2) is 18.3 Å². The Labute approximate surface area is 136 Å². The van der Waals surface area contributed by atoms with E-state index in [0.29, 0.717) is 18.0 Å². The molecule has 1 atom stereocenters. The number of hydrogen-bond acceptors (Lipinski definition) is 4. The smallest absolute Gasteiger partial charge is 0.251 e. The maximum absolute atomic E-state index is 12.4. The normalized spacial score (nSPS) is 16.3. The Kier molecular flexibility index (Phi) is 4.63. The molecule has 6 heteroatoms. The highest BCUT2D eigenvalue weighted by Crippen LogP contribution is 2.22. The second kappa shape index (κ2) is 6.68. The zero-order valence-corrected chi connectivity index (χ0v) is 13.9. The van der Waals surface area contributed by atoms with Gasteiger partial charge in [-0.05, 0) is 31.5 Å². The first kappa shape index (κ1) is 16.0. The Morgan fingerprint density at radius 1 is 1.52 bits per heavy atom. The number of benzene rings is 1. The van der Waals surface area contributed by atoms with Crippen molar-refractivity contribution in [3.05, 3.63) is 29.5 Å². The van der Waals surface area contributed by atoms with Gasteiger partial charge in [-0.15, -0.1) is 0 Å². The predicted octanol–water partition coefficient (Wildman–Crippen LogP) is 1.33. The van der Waals surface area contributed by atoms with Gasteiger partial charge in [-0.2, -0.15) is 5.10 Å². The lowest BCUT2D eigenvalue weighted by Gasteiger charge is -2.26. The van der Waals surface area contributed by atoms with Gasteiger partial charge in [0.15, 0.2) is 0 Å². The van der Waals surface area contributed by atoms with Crippen LogP contribution >= 0.6 is 0 Å². The summed E-state index contributed by atoms with van der Waals surface area (Å²) < 4.78 is 7.16. The molecule has 1 aliphatic heterocycles. The minimum absolute atomic E-state index is 0.00169. The average Bonchev–Trinajstić information content (AvgIpc) is 2.92. The Balaban J connectivity index is 1.78. The molecule has 0 spiro atoms. The highest BCUT2D eigenvalue weighted by molar-refractivity contribution is 6.00. The van der Waals surface area contributed by atoms with E-state index in [1.54, 1.807) is 7.11 Å². The number of hydrogen-bond donors (Lipinski definition) is 2. The van der Waals surface area contributed by atoms with E-state index in [9.17, 15) is 4.79 Å². The van der Waals surface area contributed by atoms with Crippen molar-refractivity contribution in [2.24, 2.45) is 5.92 Å². The maximum atomic E-state index is 12.4. The lowest BCUT2D eigenvalue weighted by Crippen LogP contribution is -2.44. The van der Waals surface area contributed by atoms with Crippen LogP contribution in [0, 0.1) is 12.8 Å². The third-order valence-corrected chi connectivity index (χ3v) is 4.51. The maximum Gasteiger partial charge on any atom is 0.251 e. The van der Waals surface area contributed by atoms with E-state index < -0.39 is 0 Å². The van der Waals surface area contributed by atoms with Crippen LogP contribution in [-0.4, -0.2) is 48.5 Å². The first-order valence-corrected chi connectivity index (χ1v) is 8.07. The summed E-state index contributed by atoms with van der Waals surface area (Å²) in [6, 6.07) is 3.78. The summed E-state index contributed by atoms with van der Waals surface area (Å²) in [7, 11) is 1.64. The van der Waals surface area contributed by atoms with E-state index in [-0.39, 0.29) is 12.0 Å². The van der Waals surface area contributed by atoms with Gasteiger partial charge in [0.05, 0.1) is 11.6 Å². The molecule has 124 valence electrons. The molecular weight excluding hydrogens is 292 g/mol. The van der Waals surface area contributed by atoms with Gasteiger partial charge >= 0.3 is 0 Å². The van der Waals surface area contributed by atoms with Crippen molar-refractivity contribution >= 4 is 16.8 Å². The first-order chi connectivity index (χ1) is 11.1.